The minimum absolute atomic E-state index is 0.187. The third-order valence-electron chi connectivity index (χ3n) is 4.23. The van der Waals surface area contributed by atoms with E-state index in [1.54, 1.807) is 60.7 Å². The highest BCUT2D eigenvalue weighted by Crippen LogP contribution is 2.18. The fourth-order valence-electron chi connectivity index (χ4n) is 2.72. The lowest BCUT2D eigenvalue weighted by Crippen LogP contribution is -2.13. The normalized spacial score (nSPS) is 10.3. The number of ether oxygens (including phenoxy) is 2. The van der Waals surface area contributed by atoms with Crippen molar-refractivity contribution in [3.05, 3.63) is 90.0 Å². The number of carbonyl (C=O) groups is 2. The standard InChI is InChI=1S/C24H24N2O4/c1-2-29-15-16-30-22-10-6-9-19(17-22)24(28)26-21-13-11-20(12-14-21)25-23(27)18-7-4-3-5-8-18/h3-14,17H,2,15-16H2,1H3,(H,25,27)(H,26,28). The largest absolute Gasteiger partial charge is 0.491 e. The van der Waals surface area contributed by atoms with Crippen molar-refractivity contribution >= 4 is 23.2 Å². The molecule has 6 nitrogen and oxygen atoms in total. The molecule has 0 bridgehead atoms. The Hall–Kier alpha value is -3.64. The summed E-state index contributed by atoms with van der Waals surface area (Å²) in [5.74, 6) is 0.182. The van der Waals surface area contributed by atoms with Crippen molar-refractivity contribution in [3.63, 3.8) is 0 Å². The Morgan fingerprint density at radius 3 is 1.97 bits per heavy atom. The molecule has 6 heteroatoms. The summed E-state index contributed by atoms with van der Waals surface area (Å²) in [5.41, 5.74) is 2.34. The van der Waals surface area contributed by atoms with Gasteiger partial charge in [-0.25, -0.2) is 0 Å². The van der Waals surface area contributed by atoms with Crippen LogP contribution in [-0.4, -0.2) is 31.6 Å². The van der Waals surface area contributed by atoms with Crippen molar-refractivity contribution in [2.45, 2.75) is 6.92 Å². The van der Waals surface area contributed by atoms with Crippen molar-refractivity contribution in [3.8, 4) is 5.75 Å². The lowest BCUT2D eigenvalue weighted by molar-refractivity contribution is 0.101. The Labute approximate surface area is 175 Å². The van der Waals surface area contributed by atoms with Crippen LogP contribution in [-0.2, 0) is 4.74 Å². The summed E-state index contributed by atoms with van der Waals surface area (Å²) in [7, 11) is 0. The first kappa shape index (κ1) is 21.1. The van der Waals surface area contributed by atoms with Gasteiger partial charge in [0.05, 0.1) is 6.61 Å². The third-order valence-corrected chi connectivity index (χ3v) is 4.23. The zero-order valence-corrected chi connectivity index (χ0v) is 16.8. The molecule has 3 aromatic rings. The maximum absolute atomic E-state index is 12.5. The number of hydrogen-bond acceptors (Lipinski definition) is 4. The molecule has 0 saturated carbocycles. The number of rotatable bonds is 9. The van der Waals surface area contributed by atoms with E-state index in [4.69, 9.17) is 9.47 Å². The number of benzene rings is 3. The van der Waals surface area contributed by atoms with Crippen LogP contribution in [0.5, 0.6) is 5.75 Å². The molecule has 0 fully saturated rings. The van der Waals surface area contributed by atoms with Gasteiger partial charge in [0, 0.05) is 29.1 Å². The predicted molar refractivity (Wildman–Crippen MR) is 117 cm³/mol. The average Bonchev–Trinajstić information content (AvgIpc) is 2.79. The van der Waals surface area contributed by atoms with Crippen molar-refractivity contribution in [1.29, 1.82) is 0 Å². The summed E-state index contributed by atoms with van der Waals surface area (Å²) in [5, 5.41) is 5.67. The molecule has 30 heavy (non-hydrogen) atoms. The van der Waals surface area contributed by atoms with Gasteiger partial charge in [-0.1, -0.05) is 24.3 Å². The highest BCUT2D eigenvalue weighted by molar-refractivity contribution is 6.05. The number of carbonyl (C=O) groups excluding carboxylic acids is 2. The Bertz CT molecular complexity index is 972. The zero-order valence-electron chi connectivity index (χ0n) is 16.8. The molecule has 0 radical (unpaired) electrons. The summed E-state index contributed by atoms with van der Waals surface area (Å²) < 4.78 is 10.8. The highest BCUT2D eigenvalue weighted by Gasteiger charge is 2.09. The molecule has 2 N–H and O–H groups in total. The van der Waals surface area contributed by atoms with Gasteiger partial charge in [-0.15, -0.1) is 0 Å². The van der Waals surface area contributed by atoms with E-state index < -0.39 is 0 Å². The van der Waals surface area contributed by atoms with E-state index in [2.05, 4.69) is 10.6 Å². The molecule has 0 heterocycles. The molecule has 0 unspecified atom stereocenters. The van der Waals surface area contributed by atoms with Gasteiger partial charge < -0.3 is 20.1 Å². The van der Waals surface area contributed by atoms with E-state index in [0.29, 0.717) is 48.1 Å². The second-order valence-electron chi connectivity index (χ2n) is 6.42. The molecule has 3 aromatic carbocycles. The summed E-state index contributed by atoms with van der Waals surface area (Å²) in [4.78, 5) is 24.7. The summed E-state index contributed by atoms with van der Waals surface area (Å²) >= 11 is 0. The van der Waals surface area contributed by atoms with Gasteiger partial charge in [0.25, 0.3) is 11.8 Å². The van der Waals surface area contributed by atoms with E-state index in [1.165, 1.54) is 0 Å². The van der Waals surface area contributed by atoms with E-state index in [9.17, 15) is 9.59 Å². The highest BCUT2D eigenvalue weighted by atomic mass is 16.5. The quantitative estimate of drug-likeness (QED) is 0.511. The van der Waals surface area contributed by atoms with Crippen molar-refractivity contribution < 1.29 is 19.1 Å². The fourth-order valence-corrected chi connectivity index (χ4v) is 2.72. The van der Waals surface area contributed by atoms with Gasteiger partial charge in [0.1, 0.15) is 12.4 Å². The van der Waals surface area contributed by atoms with E-state index >= 15 is 0 Å². The molecule has 0 spiro atoms. The van der Waals surface area contributed by atoms with Crippen LogP contribution < -0.4 is 15.4 Å². The van der Waals surface area contributed by atoms with Crippen LogP contribution in [0.15, 0.2) is 78.9 Å². The first-order chi connectivity index (χ1) is 14.7. The van der Waals surface area contributed by atoms with E-state index in [-0.39, 0.29) is 11.8 Å². The second kappa shape index (κ2) is 10.8. The second-order valence-corrected chi connectivity index (χ2v) is 6.42. The van der Waals surface area contributed by atoms with Gasteiger partial charge >= 0.3 is 0 Å². The number of nitrogens with one attached hydrogen (secondary N) is 2. The van der Waals surface area contributed by atoms with Crippen LogP contribution in [0, 0.1) is 0 Å². The molecule has 2 amide bonds. The topological polar surface area (TPSA) is 76.7 Å². The minimum Gasteiger partial charge on any atom is -0.491 e. The van der Waals surface area contributed by atoms with Crippen LogP contribution >= 0.6 is 0 Å². The Morgan fingerprint density at radius 2 is 1.33 bits per heavy atom. The van der Waals surface area contributed by atoms with Crippen LogP contribution in [0.2, 0.25) is 0 Å². The Balaban J connectivity index is 1.56. The molecular weight excluding hydrogens is 380 g/mol. The first-order valence-electron chi connectivity index (χ1n) is 9.74. The van der Waals surface area contributed by atoms with Crippen LogP contribution in [0.4, 0.5) is 11.4 Å². The molecular formula is C24H24N2O4. The predicted octanol–water partition coefficient (Wildman–Crippen LogP) is 4.61. The molecule has 0 aromatic heterocycles. The van der Waals surface area contributed by atoms with Crippen molar-refractivity contribution in [2.75, 3.05) is 30.5 Å². The lowest BCUT2D eigenvalue weighted by atomic mass is 10.2. The maximum atomic E-state index is 12.5. The first-order valence-corrected chi connectivity index (χ1v) is 9.74. The van der Waals surface area contributed by atoms with Crippen LogP contribution in [0.25, 0.3) is 0 Å². The molecule has 0 aliphatic rings. The SMILES string of the molecule is CCOCCOc1cccc(C(=O)Nc2ccc(NC(=O)c3ccccc3)cc2)c1. The number of amides is 2. The summed E-state index contributed by atoms with van der Waals surface area (Å²) in [6, 6.07) is 22.9. The molecule has 154 valence electrons. The summed E-state index contributed by atoms with van der Waals surface area (Å²) in [6.07, 6.45) is 0. The number of hydrogen-bond donors (Lipinski definition) is 2. The average molecular weight is 404 g/mol. The van der Waals surface area contributed by atoms with Gasteiger partial charge in [0.2, 0.25) is 0 Å². The smallest absolute Gasteiger partial charge is 0.255 e. The zero-order chi connectivity index (χ0) is 21.2. The Morgan fingerprint density at radius 1 is 0.733 bits per heavy atom. The molecule has 0 saturated heterocycles. The molecule has 3 rings (SSSR count). The van der Waals surface area contributed by atoms with Gasteiger partial charge in [-0.2, -0.15) is 0 Å². The lowest BCUT2D eigenvalue weighted by Gasteiger charge is -2.10. The van der Waals surface area contributed by atoms with E-state index in [1.807, 2.05) is 25.1 Å². The van der Waals surface area contributed by atoms with Gasteiger partial charge in [0.15, 0.2) is 0 Å². The molecule has 0 aliphatic heterocycles. The van der Waals surface area contributed by atoms with Crippen LogP contribution in [0.3, 0.4) is 0 Å². The van der Waals surface area contributed by atoms with Crippen LogP contribution in [0.1, 0.15) is 27.6 Å². The third kappa shape index (κ3) is 6.18. The maximum Gasteiger partial charge on any atom is 0.255 e. The number of anilines is 2. The van der Waals surface area contributed by atoms with Crippen molar-refractivity contribution in [1.82, 2.24) is 0 Å². The monoisotopic (exact) mass is 404 g/mol. The minimum atomic E-state index is -0.244. The van der Waals surface area contributed by atoms with Gasteiger partial charge in [-0.3, -0.25) is 9.59 Å². The fraction of sp³-hybridized carbons (Fsp3) is 0.167. The van der Waals surface area contributed by atoms with E-state index in [0.717, 1.165) is 0 Å². The Kier molecular flexibility index (Phi) is 7.58. The van der Waals surface area contributed by atoms with Gasteiger partial charge in [-0.05, 0) is 61.5 Å². The summed E-state index contributed by atoms with van der Waals surface area (Å²) in [6.45, 7) is 3.49. The molecule has 0 aliphatic carbocycles. The molecule has 0 atom stereocenters. The van der Waals surface area contributed by atoms with Crippen molar-refractivity contribution in [2.24, 2.45) is 0 Å².